The van der Waals surface area contributed by atoms with E-state index in [9.17, 15) is 14.4 Å². The monoisotopic (exact) mass is 290 g/mol. The summed E-state index contributed by atoms with van der Waals surface area (Å²) in [6.07, 6.45) is 2.69. The van der Waals surface area contributed by atoms with Crippen LogP contribution in [-0.2, 0) is 14.4 Å². The van der Waals surface area contributed by atoms with Crippen LogP contribution in [0.5, 0.6) is 0 Å². The molecule has 7 heteroatoms. The number of aliphatic carboxylic acids is 1. The van der Waals surface area contributed by atoms with E-state index >= 15 is 0 Å². The predicted octanol–water partition coefficient (Wildman–Crippen LogP) is 0.566. The smallest absolute Gasteiger partial charge is 0.326 e. The standard InChI is InChI=1S/C12H22N2O4S/c1-5-10(15)13-9(6-7-19-4)11(16)14(3)8(2)12(17)18/h8-9H,5-7H2,1-4H3,(H,13,15)(H,17,18). The third kappa shape index (κ3) is 5.96. The first-order valence-electron chi connectivity index (χ1n) is 6.12. The summed E-state index contributed by atoms with van der Waals surface area (Å²) >= 11 is 1.57. The average molecular weight is 290 g/mol. The van der Waals surface area contributed by atoms with Crippen molar-refractivity contribution in [1.29, 1.82) is 0 Å². The highest BCUT2D eigenvalue weighted by atomic mass is 32.2. The lowest BCUT2D eigenvalue weighted by atomic mass is 10.1. The third-order valence-electron chi connectivity index (χ3n) is 2.85. The number of likely N-dealkylation sites (N-methyl/N-ethyl adjacent to an activating group) is 1. The molecule has 0 radical (unpaired) electrons. The van der Waals surface area contributed by atoms with Crippen LogP contribution in [0.15, 0.2) is 0 Å². The Labute approximate surface area is 117 Å². The number of nitrogens with zero attached hydrogens (tertiary/aromatic N) is 1. The number of nitrogens with one attached hydrogen (secondary N) is 1. The molecule has 0 heterocycles. The summed E-state index contributed by atoms with van der Waals surface area (Å²) in [5, 5.41) is 11.5. The highest BCUT2D eigenvalue weighted by Crippen LogP contribution is 2.07. The molecule has 0 aliphatic carbocycles. The van der Waals surface area contributed by atoms with Crippen molar-refractivity contribution in [3.8, 4) is 0 Å². The summed E-state index contributed by atoms with van der Waals surface area (Å²) in [6.45, 7) is 3.14. The largest absolute Gasteiger partial charge is 0.480 e. The molecular formula is C12H22N2O4S. The van der Waals surface area contributed by atoms with Gasteiger partial charge in [0.1, 0.15) is 12.1 Å². The van der Waals surface area contributed by atoms with Crippen LogP contribution in [0, 0.1) is 0 Å². The van der Waals surface area contributed by atoms with E-state index < -0.39 is 18.1 Å². The number of hydrogen-bond donors (Lipinski definition) is 2. The molecule has 6 nitrogen and oxygen atoms in total. The number of carbonyl (C=O) groups is 3. The van der Waals surface area contributed by atoms with Gasteiger partial charge < -0.3 is 15.3 Å². The van der Waals surface area contributed by atoms with E-state index in [1.807, 2.05) is 6.26 Å². The van der Waals surface area contributed by atoms with E-state index in [1.165, 1.54) is 14.0 Å². The van der Waals surface area contributed by atoms with Crippen molar-refractivity contribution < 1.29 is 19.5 Å². The van der Waals surface area contributed by atoms with E-state index in [0.29, 0.717) is 12.8 Å². The summed E-state index contributed by atoms with van der Waals surface area (Å²) < 4.78 is 0. The van der Waals surface area contributed by atoms with E-state index in [2.05, 4.69) is 5.32 Å². The maximum Gasteiger partial charge on any atom is 0.326 e. The van der Waals surface area contributed by atoms with Gasteiger partial charge in [-0.05, 0) is 25.4 Å². The molecule has 0 bridgehead atoms. The average Bonchev–Trinajstić information content (AvgIpc) is 2.40. The van der Waals surface area contributed by atoms with Crippen LogP contribution in [0.2, 0.25) is 0 Å². The van der Waals surface area contributed by atoms with Crippen LogP contribution < -0.4 is 5.32 Å². The van der Waals surface area contributed by atoms with E-state index in [4.69, 9.17) is 5.11 Å². The second-order valence-corrected chi connectivity index (χ2v) is 5.20. The van der Waals surface area contributed by atoms with Crippen molar-refractivity contribution in [2.24, 2.45) is 0 Å². The molecule has 0 fully saturated rings. The van der Waals surface area contributed by atoms with Crippen molar-refractivity contribution in [3.05, 3.63) is 0 Å². The maximum absolute atomic E-state index is 12.2. The van der Waals surface area contributed by atoms with Gasteiger partial charge in [0.15, 0.2) is 0 Å². The number of amides is 2. The first-order chi connectivity index (χ1) is 8.84. The number of rotatable bonds is 8. The Morgan fingerprint density at radius 1 is 1.37 bits per heavy atom. The number of hydrogen-bond acceptors (Lipinski definition) is 4. The fourth-order valence-electron chi connectivity index (χ4n) is 1.39. The lowest BCUT2D eigenvalue weighted by Gasteiger charge is -2.27. The summed E-state index contributed by atoms with van der Waals surface area (Å²) in [5.41, 5.74) is 0. The van der Waals surface area contributed by atoms with Crippen LogP contribution >= 0.6 is 11.8 Å². The van der Waals surface area contributed by atoms with Gasteiger partial charge in [0.05, 0.1) is 0 Å². The zero-order chi connectivity index (χ0) is 15.0. The summed E-state index contributed by atoms with van der Waals surface area (Å²) in [5.74, 6) is -0.932. The topological polar surface area (TPSA) is 86.7 Å². The molecule has 0 aliphatic rings. The molecule has 19 heavy (non-hydrogen) atoms. The van der Waals surface area contributed by atoms with Gasteiger partial charge in [-0.3, -0.25) is 9.59 Å². The van der Waals surface area contributed by atoms with Gasteiger partial charge in [-0.15, -0.1) is 0 Å². The van der Waals surface area contributed by atoms with Crippen LogP contribution in [0.1, 0.15) is 26.7 Å². The number of carboxylic acid groups (broad SMARTS) is 1. The Balaban J connectivity index is 4.77. The van der Waals surface area contributed by atoms with Crippen LogP contribution in [0.3, 0.4) is 0 Å². The van der Waals surface area contributed by atoms with Crippen molar-refractivity contribution in [3.63, 3.8) is 0 Å². The molecule has 0 saturated heterocycles. The Morgan fingerprint density at radius 3 is 2.37 bits per heavy atom. The molecule has 2 unspecified atom stereocenters. The van der Waals surface area contributed by atoms with Crippen LogP contribution in [-0.4, -0.2) is 58.9 Å². The molecule has 0 aromatic carbocycles. The summed E-state index contributed by atoms with van der Waals surface area (Å²) in [4.78, 5) is 35.6. The van der Waals surface area contributed by atoms with E-state index in [-0.39, 0.29) is 11.8 Å². The Hall–Kier alpha value is -1.24. The maximum atomic E-state index is 12.2. The van der Waals surface area contributed by atoms with E-state index in [0.717, 1.165) is 10.7 Å². The Kier molecular flexibility index (Phi) is 8.22. The van der Waals surface area contributed by atoms with Crippen LogP contribution in [0.4, 0.5) is 0 Å². The van der Waals surface area contributed by atoms with Gasteiger partial charge in [0.25, 0.3) is 0 Å². The lowest BCUT2D eigenvalue weighted by molar-refractivity contribution is -0.149. The van der Waals surface area contributed by atoms with Crippen LogP contribution in [0.25, 0.3) is 0 Å². The second-order valence-electron chi connectivity index (χ2n) is 4.22. The van der Waals surface area contributed by atoms with Gasteiger partial charge in [0.2, 0.25) is 11.8 Å². The van der Waals surface area contributed by atoms with Crippen molar-refractivity contribution in [1.82, 2.24) is 10.2 Å². The zero-order valence-electron chi connectivity index (χ0n) is 11.8. The number of carbonyl (C=O) groups excluding carboxylic acids is 2. The quantitative estimate of drug-likeness (QED) is 0.682. The summed E-state index contributed by atoms with van der Waals surface area (Å²) in [6, 6.07) is -1.57. The van der Waals surface area contributed by atoms with Crippen molar-refractivity contribution in [2.75, 3.05) is 19.1 Å². The molecule has 2 amide bonds. The van der Waals surface area contributed by atoms with Gasteiger partial charge >= 0.3 is 5.97 Å². The predicted molar refractivity (Wildman–Crippen MR) is 75.1 cm³/mol. The number of carboxylic acids is 1. The molecule has 0 aromatic rings. The molecule has 0 saturated carbocycles. The fourth-order valence-corrected chi connectivity index (χ4v) is 1.86. The molecule has 2 atom stereocenters. The van der Waals surface area contributed by atoms with Gasteiger partial charge in [0, 0.05) is 13.5 Å². The fraction of sp³-hybridized carbons (Fsp3) is 0.750. The zero-order valence-corrected chi connectivity index (χ0v) is 12.6. The third-order valence-corrected chi connectivity index (χ3v) is 3.49. The molecular weight excluding hydrogens is 268 g/mol. The highest BCUT2D eigenvalue weighted by molar-refractivity contribution is 7.98. The first kappa shape index (κ1) is 17.8. The van der Waals surface area contributed by atoms with Gasteiger partial charge in [-0.1, -0.05) is 6.92 Å². The highest BCUT2D eigenvalue weighted by Gasteiger charge is 2.28. The van der Waals surface area contributed by atoms with Crippen molar-refractivity contribution in [2.45, 2.75) is 38.8 Å². The molecule has 0 rings (SSSR count). The Bertz CT molecular complexity index is 336. The molecule has 0 spiro atoms. The number of thioether (sulfide) groups is 1. The van der Waals surface area contributed by atoms with Gasteiger partial charge in [-0.25, -0.2) is 4.79 Å². The first-order valence-corrected chi connectivity index (χ1v) is 7.52. The minimum absolute atomic E-state index is 0.212. The molecule has 0 aliphatic heterocycles. The Morgan fingerprint density at radius 2 is 1.95 bits per heavy atom. The molecule has 110 valence electrons. The minimum Gasteiger partial charge on any atom is -0.480 e. The molecule has 0 aromatic heterocycles. The van der Waals surface area contributed by atoms with Gasteiger partial charge in [-0.2, -0.15) is 11.8 Å². The van der Waals surface area contributed by atoms with E-state index in [1.54, 1.807) is 18.7 Å². The molecule has 2 N–H and O–H groups in total. The minimum atomic E-state index is -1.07. The lowest BCUT2D eigenvalue weighted by Crippen LogP contribution is -2.51. The normalized spacial score (nSPS) is 13.5. The second kappa shape index (κ2) is 8.79. The summed E-state index contributed by atoms with van der Waals surface area (Å²) in [7, 11) is 1.44. The SMILES string of the molecule is CCC(=O)NC(CCSC)C(=O)N(C)C(C)C(=O)O. The van der Waals surface area contributed by atoms with Crippen molar-refractivity contribution >= 4 is 29.5 Å².